The lowest BCUT2D eigenvalue weighted by Crippen LogP contribution is -2.31. The van der Waals surface area contributed by atoms with Crippen LogP contribution in [0.3, 0.4) is 0 Å². The van der Waals surface area contributed by atoms with Gasteiger partial charge >= 0.3 is 0 Å². The van der Waals surface area contributed by atoms with Gasteiger partial charge < -0.3 is 10.6 Å². The number of hydrogen-bond acceptors (Lipinski definition) is 4. The van der Waals surface area contributed by atoms with Crippen LogP contribution >= 0.6 is 12.4 Å². The van der Waals surface area contributed by atoms with Crippen molar-refractivity contribution in [2.24, 2.45) is 0 Å². The zero-order valence-electron chi connectivity index (χ0n) is 16.7. The lowest BCUT2D eigenvalue weighted by Gasteiger charge is -2.23. The molecule has 2 N–H and O–H groups in total. The molecule has 2 heterocycles. The molecule has 6 nitrogen and oxygen atoms in total. The molecule has 152 valence electrons. The van der Waals surface area contributed by atoms with Gasteiger partial charge in [-0.25, -0.2) is 4.68 Å². The lowest BCUT2D eigenvalue weighted by atomic mass is 9.89. The van der Waals surface area contributed by atoms with Crippen molar-refractivity contribution in [2.45, 2.75) is 64.5 Å². The van der Waals surface area contributed by atoms with E-state index in [4.69, 9.17) is 0 Å². The Labute approximate surface area is 172 Å². The molecule has 28 heavy (non-hydrogen) atoms. The highest BCUT2D eigenvalue weighted by Gasteiger charge is 2.24. The quantitative estimate of drug-likeness (QED) is 0.821. The van der Waals surface area contributed by atoms with Gasteiger partial charge in [-0.3, -0.25) is 4.79 Å². The molecule has 1 atom stereocenters. The minimum Gasteiger partial charge on any atom is -0.344 e. The van der Waals surface area contributed by atoms with E-state index in [1.807, 2.05) is 18.5 Å². The average Bonchev–Trinajstić information content (AvgIpc) is 3.09. The monoisotopic (exact) mass is 403 g/mol. The highest BCUT2D eigenvalue weighted by Crippen LogP contribution is 2.25. The van der Waals surface area contributed by atoms with Crippen LogP contribution in [0.25, 0.3) is 0 Å². The minimum atomic E-state index is -0.141. The Morgan fingerprint density at radius 3 is 2.68 bits per heavy atom. The van der Waals surface area contributed by atoms with Crippen molar-refractivity contribution in [2.75, 3.05) is 13.1 Å². The van der Waals surface area contributed by atoms with Crippen LogP contribution in [0.1, 0.15) is 77.6 Å². The fourth-order valence-electron chi connectivity index (χ4n) is 4.32. The van der Waals surface area contributed by atoms with Gasteiger partial charge in [0, 0.05) is 0 Å². The van der Waals surface area contributed by atoms with Gasteiger partial charge in [-0.15, -0.1) is 17.5 Å². The summed E-state index contributed by atoms with van der Waals surface area (Å²) in [5.41, 5.74) is 5.36. The Kier molecular flexibility index (Phi) is 6.73. The number of hydrogen-bond donors (Lipinski definition) is 2. The molecule has 0 saturated carbocycles. The number of nitrogens with one attached hydrogen (secondary N) is 2. The van der Waals surface area contributed by atoms with E-state index in [1.54, 1.807) is 0 Å². The van der Waals surface area contributed by atoms with Crippen molar-refractivity contribution in [1.29, 1.82) is 0 Å². The molecule has 1 fully saturated rings. The second-order valence-corrected chi connectivity index (χ2v) is 7.88. The normalized spacial score (nSPS) is 18.1. The number of benzene rings is 1. The van der Waals surface area contributed by atoms with Crippen molar-refractivity contribution in [1.82, 2.24) is 25.6 Å². The second kappa shape index (κ2) is 9.05. The maximum absolute atomic E-state index is 12.8. The SMILES string of the molecule is Cc1c(C(=O)NC(C)c2ccc3c(c2)CCCC3)nnn1C1CCNCC1.Cl. The van der Waals surface area contributed by atoms with Gasteiger partial charge in [0.1, 0.15) is 0 Å². The van der Waals surface area contributed by atoms with Gasteiger partial charge in [-0.1, -0.05) is 23.4 Å². The van der Waals surface area contributed by atoms with Gasteiger partial charge in [0.25, 0.3) is 5.91 Å². The molecule has 4 rings (SSSR count). The summed E-state index contributed by atoms with van der Waals surface area (Å²) >= 11 is 0. The van der Waals surface area contributed by atoms with Crippen LogP contribution in [-0.2, 0) is 12.8 Å². The van der Waals surface area contributed by atoms with E-state index in [2.05, 4.69) is 39.1 Å². The van der Waals surface area contributed by atoms with Gasteiger partial charge in [-0.2, -0.15) is 0 Å². The molecule has 2 aromatic rings. The number of piperidine rings is 1. The first-order chi connectivity index (χ1) is 13.1. The molecule has 1 aliphatic carbocycles. The first kappa shape index (κ1) is 20.8. The molecule has 0 bridgehead atoms. The molecule has 1 saturated heterocycles. The third-order valence-electron chi connectivity index (χ3n) is 6.02. The predicted molar refractivity (Wildman–Crippen MR) is 112 cm³/mol. The van der Waals surface area contributed by atoms with Crippen molar-refractivity contribution >= 4 is 18.3 Å². The van der Waals surface area contributed by atoms with Crippen LogP contribution < -0.4 is 10.6 Å². The largest absolute Gasteiger partial charge is 0.344 e. The van der Waals surface area contributed by atoms with Crippen LogP contribution in [0.5, 0.6) is 0 Å². The van der Waals surface area contributed by atoms with Crippen LogP contribution in [0, 0.1) is 6.92 Å². The minimum absolute atomic E-state index is 0. The molecule has 7 heteroatoms. The topological polar surface area (TPSA) is 71.8 Å². The predicted octanol–water partition coefficient (Wildman–Crippen LogP) is 3.30. The van der Waals surface area contributed by atoms with E-state index in [1.165, 1.54) is 30.4 Å². The highest BCUT2D eigenvalue weighted by molar-refractivity contribution is 5.93. The fourth-order valence-corrected chi connectivity index (χ4v) is 4.32. The van der Waals surface area contributed by atoms with E-state index >= 15 is 0 Å². The molecule has 1 aliphatic heterocycles. The van der Waals surface area contributed by atoms with E-state index in [0.717, 1.165) is 43.6 Å². The summed E-state index contributed by atoms with van der Waals surface area (Å²) in [6.07, 6.45) is 6.91. The number of carbonyl (C=O) groups excluding carboxylic acids is 1. The third-order valence-corrected chi connectivity index (χ3v) is 6.02. The Bertz CT molecular complexity index is 828. The van der Waals surface area contributed by atoms with Crippen molar-refractivity contribution in [3.05, 3.63) is 46.3 Å². The number of aromatic nitrogens is 3. The first-order valence-corrected chi connectivity index (χ1v) is 10.2. The zero-order chi connectivity index (χ0) is 18.8. The number of aryl methyl sites for hydroxylation is 2. The van der Waals surface area contributed by atoms with E-state index < -0.39 is 0 Å². The summed E-state index contributed by atoms with van der Waals surface area (Å²) in [5, 5.41) is 14.9. The molecule has 1 aromatic heterocycles. The molecule has 1 aromatic carbocycles. The van der Waals surface area contributed by atoms with Crippen molar-refractivity contribution in [3.63, 3.8) is 0 Å². The summed E-state index contributed by atoms with van der Waals surface area (Å²) in [6.45, 7) is 5.96. The Morgan fingerprint density at radius 2 is 1.93 bits per heavy atom. The van der Waals surface area contributed by atoms with Crippen molar-refractivity contribution < 1.29 is 4.79 Å². The van der Waals surface area contributed by atoms with E-state index in [-0.39, 0.29) is 24.4 Å². The number of amides is 1. The molecular weight excluding hydrogens is 374 g/mol. The van der Waals surface area contributed by atoms with Crippen molar-refractivity contribution in [3.8, 4) is 0 Å². The van der Waals surface area contributed by atoms with E-state index in [0.29, 0.717) is 11.7 Å². The van der Waals surface area contributed by atoms with Crippen LogP contribution in [-0.4, -0.2) is 34.0 Å². The summed E-state index contributed by atoms with van der Waals surface area (Å²) in [6, 6.07) is 6.92. The molecule has 0 spiro atoms. The number of rotatable bonds is 4. The number of fused-ring (bicyclic) bond motifs is 1. The lowest BCUT2D eigenvalue weighted by molar-refractivity contribution is 0.0934. The zero-order valence-corrected chi connectivity index (χ0v) is 17.5. The number of nitrogens with zero attached hydrogens (tertiary/aromatic N) is 3. The van der Waals surface area contributed by atoms with Crippen LogP contribution in [0.2, 0.25) is 0 Å². The average molecular weight is 404 g/mol. The standard InChI is InChI=1S/C21H29N5O.ClH/c1-14(17-8-7-16-5-3-4-6-18(16)13-17)23-21(27)20-15(2)26(25-24-20)19-9-11-22-12-10-19;/h7-8,13-14,19,22H,3-6,9-12H2,1-2H3,(H,23,27);1H. The molecular formula is C21H30ClN5O. The van der Waals surface area contributed by atoms with Gasteiger partial charge in [0.15, 0.2) is 5.69 Å². The third kappa shape index (κ3) is 4.23. The molecule has 1 amide bonds. The van der Waals surface area contributed by atoms with Crippen LogP contribution in [0.4, 0.5) is 0 Å². The molecule has 0 radical (unpaired) electrons. The maximum atomic E-state index is 12.8. The number of halogens is 1. The molecule has 1 unspecified atom stereocenters. The highest BCUT2D eigenvalue weighted by atomic mass is 35.5. The Balaban J connectivity index is 0.00000225. The smallest absolute Gasteiger partial charge is 0.274 e. The summed E-state index contributed by atoms with van der Waals surface area (Å²) in [4.78, 5) is 12.8. The maximum Gasteiger partial charge on any atom is 0.274 e. The summed E-state index contributed by atoms with van der Waals surface area (Å²) in [7, 11) is 0. The van der Waals surface area contributed by atoms with Gasteiger partial charge in [0.2, 0.25) is 0 Å². The molecule has 2 aliphatic rings. The Hall–Kier alpha value is -1.92. The van der Waals surface area contributed by atoms with Crippen LogP contribution in [0.15, 0.2) is 18.2 Å². The summed E-state index contributed by atoms with van der Waals surface area (Å²) < 4.78 is 1.93. The second-order valence-electron chi connectivity index (χ2n) is 7.88. The Morgan fingerprint density at radius 1 is 1.21 bits per heavy atom. The summed E-state index contributed by atoms with van der Waals surface area (Å²) in [5.74, 6) is -0.141. The van der Waals surface area contributed by atoms with Gasteiger partial charge in [0.05, 0.1) is 17.8 Å². The van der Waals surface area contributed by atoms with E-state index in [9.17, 15) is 4.79 Å². The number of carbonyl (C=O) groups is 1. The first-order valence-electron chi connectivity index (χ1n) is 10.2. The van der Waals surface area contributed by atoms with Gasteiger partial charge in [-0.05, 0) is 82.2 Å². The fraction of sp³-hybridized carbons (Fsp3) is 0.571.